The molecule has 118 valence electrons. The van der Waals surface area contributed by atoms with Crippen molar-refractivity contribution in [2.24, 2.45) is 0 Å². The molecule has 0 bridgehead atoms. The van der Waals surface area contributed by atoms with Crippen molar-refractivity contribution in [3.05, 3.63) is 48.5 Å². The second-order valence-corrected chi connectivity index (χ2v) is 4.81. The molecule has 4 nitrogen and oxygen atoms in total. The maximum atomic E-state index is 5.79. The molecule has 4 heteroatoms. The van der Waals surface area contributed by atoms with Gasteiger partial charge in [0, 0.05) is 18.3 Å². The molecule has 0 atom stereocenters. The van der Waals surface area contributed by atoms with Crippen LogP contribution in [0.2, 0.25) is 0 Å². The van der Waals surface area contributed by atoms with E-state index in [0.717, 1.165) is 36.0 Å². The average molecular weight is 301 g/mol. The lowest BCUT2D eigenvalue weighted by Gasteiger charge is -2.23. The third kappa shape index (κ3) is 4.32. The van der Waals surface area contributed by atoms with E-state index in [0.29, 0.717) is 6.61 Å². The first-order chi connectivity index (χ1) is 10.8. The monoisotopic (exact) mass is 301 g/mol. The molecule has 2 aromatic rings. The number of likely N-dealkylation sites (N-methyl/N-ethyl adjacent to an activating group) is 1. The first-order valence-electron chi connectivity index (χ1n) is 7.42. The molecule has 2 aromatic carbocycles. The second kappa shape index (κ2) is 8.17. The van der Waals surface area contributed by atoms with Gasteiger partial charge in [-0.25, -0.2) is 0 Å². The summed E-state index contributed by atoms with van der Waals surface area (Å²) in [5.74, 6) is 2.55. The minimum absolute atomic E-state index is 0.622. The van der Waals surface area contributed by atoms with Crippen LogP contribution in [0.5, 0.6) is 17.2 Å². The summed E-state index contributed by atoms with van der Waals surface area (Å²) in [7, 11) is 3.34. The Bertz CT molecular complexity index is 569. The fourth-order valence-electron chi connectivity index (χ4n) is 2.22. The summed E-state index contributed by atoms with van der Waals surface area (Å²) in [5.41, 5.74) is 1.14. The van der Waals surface area contributed by atoms with Crippen LogP contribution in [0.15, 0.2) is 48.5 Å². The van der Waals surface area contributed by atoms with Gasteiger partial charge in [0.05, 0.1) is 20.8 Å². The maximum Gasteiger partial charge on any atom is 0.120 e. The van der Waals surface area contributed by atoms with Gasteiger partial charge in [-0.1, -0.05) is 6.07 Å². The number of anilines is 1. The lowest BCUT2D eigenvalue weighted by atomic mass is 10.2. The van der Waals surface area contributed by atoms with Crippen molar-refractivity contribution < 1.29 is 14.2 Å². The highest BCUT2D eigenvalue weighted by atomic mass is 16.5. The van der Waals surface area contributed by atoms with E-state index >= 15 is 0 Å². The standard InChI is InChI=1S/C18H23NO3/c1-4-19(15-6-5-7-18(14-15)21-3)12-13-22-17-10-8-16(20-2)9-11-17/h5-11,14H,4,12-13H2,1-3H3. The highest BCUT2D eigenvalue weighted by Crippen LogP contribution is 2.21. The third-order valence-electron chi connectivity index (χ3n) is 3.49. The molecular weight excluding hydrogens is 278 g/mol. The van der Waals surface area contributed by atoms with E-state index < -0.39 is 0 Å². The summed E-state index contributed by atoms with van der Waals surface area (Å²) in [5, 5.41) is 0. The van der Waals surface area contributed by atoms with Gasteiger partial charge < -0.3 is 19.1 Å². The zero-order chi connectivity index (χ0) is 15.8. The molecule has 22 heavy (non-hydrogen) atoms. The van der Waals surface area contributed by atoms with Gasteiger partial charge >= 0.3 is 0 Å². The number of ether oxygens (including phenoxy) is 3. The number of rotatable bonds is 8. The van der Waals surface area contributed by atoms with E-state index in [4.69, 9.17) is 14.2 Å². The Morgan fingerprint density at radius 2 is 1.55 bits per heavy atom. The molecule has 0 aliphatic carbocycles. The summed E-state index contributed by atoms with van der Waals surface area (Å²) in [6, 6.07) is 15.7. The van der Waals surface area contributed by atoms with Crippen LogP contribution in [0.3, 0.4) is 0 Å². The van der Waals surface area contributed by atoms with Crippen LogP contribution in [0.4, 0.5) is 5.69 Å². The molecule has 0 aliphatic heterocycles. The number of hydrogen-bond donors (Lipinski definition) is 0. The van der Waals surface area contributed by atoms with E-state index in [-0.39, 0.29) is 0 Å². The first kappa shape index (κ1) is 16.0. The number of methoxy groups -OCH3 is 2. The van der Waals surface area contributed by atoms with Crippen LogP contribution in [-0.4, -0.2) is 33.9 Å². The van der Waals surface area contributed by atoms with Crippen molar-refractivity contribution in [2.45, 2.75) is 6.92 Å². The topological polar surface area (TPSA) is 30.9 Å². The summed E-state index contributed by atoms with van der Waals surface area (Å²) in [6.45, 7) is 4.49. The number of nitrogens with zero attached hydrogens (tertiary/aromatic N) is 1. The second-order valence-electron chi connectivity index (χ2n) is 4.81. The van der Waals surface area contributed by atoms with Crippen molar-refractivity contribution in [3.63, 3.8) is 0 Å². The molecule has 0 heterocycles. The van der Waals surface area contributed by atoms with Crippen molar-refractivity contribution in [2.75, 3.05) is 38.8 Å². The third-order valence-corrected chi connectivity index (χ3v) is 3.49. The van der Waals surface area contributed by atoms with E-state index in [2.05, 4.69) is 17.9 Å². The average Bonchev–Trinajstić information content (AvgIpc) is 2.59. The summed E-state index contributed by atoms with van der Waals surface area (Å²) < 4.78 is 16.2. The van der Waals surface area contributed by atoms with Crippen molar-refractivity contribution in [1.29, 1.82) is 0 Å². The molecule has 0 fully saturated rings. The fraction of sp³-hybridized carbons (Fsp3) is 0.333. The van der Waals surface area contributed by atoms with Gasteiger partial charge in [-0.3, -0.25) is 0 Å². The molecule has 0 saturated heterocycles. The number of benzene rings is 2. The van der Waals surface area contributed by atoms with Gasteiger partial charge in [-0.05, 0) is 43.3 Å². The van der Waals surface area contributed by atoms with Crippen LogP contribution >= 0.6 is 0 Å². The Morgan fingerprint density at radius 1 is 0.864 bits per heavy atom. The summed E-state index contributed by atoms with van der Waals surface area (Å²) in [6.07, 6.45) is 0. The zero-order valence-corrected chi connectivity index (χ0v) is 13.4. The molecular formula is C18H23NO3. The molecule has 0 aliphatic rings. The zero-order valence-electron chi connectivity index (χ0n) is 13.4. The Labute approximate surface area is 132 Å². The highest BCUT2D eigenvalue weighted by Gasteiger charge is 2.06. The van der Waals surface area contributed by atoms with Gasteiger partial charge in [-0.15, -0.1) is 0 Å². The van der Waals surface area contributed by atoms with E-state index in [9.17, 15) is 0 Å². The Hall–Kier alpha value is -2.36. The Balaban J connectivity index is 1.90. The van der Waals surface area contributed by atoms with Crippen molar-refractivity contribution in [3.8, 4) is 17.2 Å². The highest BCUT2D eigenvalue weighted by molar-refractivity contribution is 5.50. The molecule has 0 spiro atoms. The molecule has 0 aromatic heterocycles. The predicted molar refractivity (Wildman–Crippen MR) is 89.4 cm³/mol. The first-order valence-corrected chi connectivity index (χ1v) is 7.42. The van der Waals surface area contributed by atoms with E-state index in [1.807, 2.05) is 42.5 Å². The Morgan fingerprint density at radius 3 is 2.18 bits per heavy atom. The molecule has 0 saturated carbocycles. The van der Waals surface area contributed by atoms with Gasteiger partial charge in [0.15, 0.2) is 0 Å². The maximum absolute atomic E-state index is 5.79. The van der Waals surface area contributed by atoms with Gasteiger partial charge in [0.2, 0.25) is 0 Å². The fourth-order valence-corrected chi connectivity index (χ4v) is 2.22. The quantitative estimate of drug-likeness (QED) is 0.745. The molecule has 0 unspecified atom stereocenters. The van der Waals surface area contributed by atoms with Crippen LogP contribution in [-0.2, 0) is 0 Å². The smallest absolute Gasteiger partial charge is 0.120 e. The van der Waals surface area contributed by atoms with Crippen molar-refractivity contribution >= 4 is 5.69 Å². The van der Waals surface area contributed by atoms with Crippen molar-refractivity contribution in [1.82, 2.24) is 0 Å². The minimum Gasteiger partial charge on any atom is -0.497 e. The van der Waals surface area contributed by atoms with Crippen LogP contribution < -0.4 is 19.1 Å². The normalized spacial score (nSPS) is 10.1. The molecule has 0 amide bonds. The Kier molecular flexibility index (Phi) is 5.95. The van der Waals surface area contributed by atoms with Crippen LogP contribution in [0, 0.1) is 0 Å². The molecule has 0 radical (unpaired) electrons. The lowest BCUT2D eigenvalue weighted by molar-refractivity contribution is 0.323. The minimum atomic E-state index is 0.622. The van der Waals surface area contributed by atoms with E-state index in [1.165, 1.54) is 0 Å². The lowest BCUT2D eigenvalue weighted by Crippen LogP contribution is -2.28. The molecule has 2 rings (SSSR count). The van der Waals surface area contributed by atoms with Gasteiger partial charge in [0.25, 0.3) is 0 Å². The van der Waals surface area contributed by atoms with Crippen LogP contribution in [0.25, 0.3) is 0 Å². The van der Waals surface area contributed by atoms with Gasteiger partial charge in [0.1, 0.15) is 23.9 Å². The predicted octanol–water partition coefficient (Wildman–Crippen LogP) is 3.61. The SMILES string of the molecule is CCN(CCOc1ccc(OC)cc1)c1cccc(OC)c1. The summed E-state index contributed by atoms with van der Waals surface area (Å²) >= 11 is 0. The molecule has 0 N–H and O–H groups in total. The van der Waals surface area contributed by atoms with E-state index in [1.54, 1.807) is 14.2 Å². The van der Waals surface area contributed by atoms with Crippen LogP contribution in [0.1, 0.15) is 6.92 Å². The summed E-state index contributed by atoms with van der Waals surface area (Å²) in [4.78, 5) is 2.26. The number of hydrogen-bond acceptors (Lipinski definition) is 4. The van der Waals surface area contributed by atoms with Gasteiger partial charge in [-0.2, -0.15) is 0 Å². The largest absolute Gasteiger partial charge is 0.497 e.